The lowest BCUT2D eigenvalue weighted by Crippen LogP contribution is -2.48. The summed E-state index contributed by atoms with van der Waals surface area (Å²) in [6.07, 6.45) is 1.99. The molecule has 5 heteroatoms. The Labute approximate surface area is 124 Å². The van der Waals surface area contributed by atoms with Gasteiger partial charge < -0.3 is 14.2 Å². The van der Waals surface area contributed by atoms with Crippen molar-refractivity contribution < 1.29 is 19.0 Å². The van der Waals surface area contributed by atoms with Crippen molar-refractivity contribution in [1.29, 1.82) is 0 Å². The molecule has 2 aliphatic heterocycles. The molecular formula is C16H21NO4. The van der Waals surface area contributed by atoms with E-state index in [4.69, 9.17) is 14.2 Å². The highest BCUT2D eigenvalue weighted by molar-refractivity contribution is 5.90. The fraction of sp³-hybridized carbons (Fsp3) is 0.562. The minimum absolute atomic E-state index is 0.286. The molecule has 0 saturated carbocycles. The molecule has 0 radical (unpaired) electrons. The highest BCUT2D eigenvalue weighted by atomic mass is 16.7. The highest BCUT2D eigenvalue weighted by Gasteiger charge is 2.40. The average Bonchev–Trinajstić information content (AvgIpc) is 2.95. The molecule has 5 nitrogen and oxygen atoms in total. The molecule has 0 aromatic heterocycles. The topological polar surface area (TPSA) is 48.0 Å². The van der Waals surface area contributed by atoms with Crippen LogP contribution in [0.15, 0.2) is 24.3 Å². The van der Waals surface area contributed by atoms with E-state index in [0.29, 0.717) is 25.3 Å². The second-order valence-corrected chi connectivity index (χ2v) is 5.57. The first kappa shape index (κ1) is 14.5. The molecule has 2 fully saturated rings. The molecule has 0 amide bonds. The van der Waals surface area contributed by atoms with E-state index in [-0.39, 0.29) is 5.97 Å². The van der Waals surface area contributed by atoms with Crippen molar-refractivity contribution in [3.8, 4) is 0 Å². The van der Waals surface area contributed by atoms with Crippen molar-refractivity contribution in [1.82, 2.24) is 4.90 Å². The van der Waals surface area contributed by atoms with Crippen LogP contribution in [0.4, 0.5) is 0 Å². The Bertz CT molecular complexity index is 511. The Morgan fingerprint density at radius 3 is 2.86 bits per heavy atom. The van der Waals surface area contributed by atoms with E-state index in [0.717, 1.165) is 31.5 Å². The van der Waals surface area contributed by atoms with E-state index < -0.39 is 5.79 Å². The third-order valence-corrected chi connectivity index (χ3v) is 4.13. The minimum Gasteiger partial charge on any atom is -0.465 e. The van der Waals surface area contributed by atoms with Gasteiger partial charge in [0, 0.05) is 13.0 Å². The Morgan fingerprint density at radius 2 is 2.10 bits per heavy atom. The van der Waals surface area contributed by atoms with Gasteiger partial charge in [0.15, 0.2) is 5.79 Å². The van der Waals surface area contributed by atoms with Gasteiger partial charge in [0.1, 0.15) is 0 Å². The monoisotopic (exact) mass is 291 g/mol. The van der Waals surface area contributed by atoms with E-state index in [9.17, 15) is 4.79 Å². The lowest BCUT2D eigenvalue weighted by Gasteiger charge is -2.38. The van der Waals surface area contributed by atoms with E-state index in [1.807, 2.05) is 24.3 Å². The van der Waals surface area contributed by atoms with Gasteiger partial charge >= 0.3 is 5.97 Å². The van der Waals surface area contributed by atoms with Gasteiger partial charge in [0.05, 0.1) is 32.4 Å². The van der Waals surface area contributed by atoms with Crippen LogP contribution >= 0.6 is 0 Å². The Hall–Kier alpha value is -1.43. The normalized spacial score (nSPS) is 21.6. The number of esters is 1. The SMILES string of the molecule is COC(=O)c1ccccc1CN1CCCC2(C1)OCCO2. The van der Waals surface area contributed by atoms with Crippen molar-refractivity contribution >= 4 is 5.97 Å². The predicted octanol–water partition coefficient (Wildman–Crippen LogP) is 1.81. The van der Waals surface area contributed by atoms with Gasteiger partial charge in [0.2, 0.25) is 0 Å². The van der Waals surface area contributed by atoms with Gasteiger partial charge in [-0.3, -0.25) is 4.90 Å². The molecule has 2 heterocycles. The molecule has 0 aliphatic carbocycles. The lowest BCUT2D eigenvalue weighted by atomic mass is 10.0. The Kier molecular flexibility index (Phi) is 4.24. The fourth-order valence-electron chi connectivity index (χ4n) is 3.15. The molecule has 2 aliphatic rings. The smallest absolute Gasteiger partial charge is 0.338 e. The number of hydrogen-bond acceptors (Lipinski definition) is 5. The van der Waals surface area contributed by atoms with Crippen molar-refractivity contribution in [3.05, 3.63) is 35.4 Å². The highest BCUT2D eigenvalue weighted by Crippen LogP contribution is 2.31. The maximum atomic E-state index is 11.8. The van der Waals surface area contributed by atoms with Gasteiger partial charge in [-0.15, -0.1) is 0 Å². The van der Waals surface area contributed by atoms with Crippen molar-refractivity contribution in [2.45, 2.75) is 25.2 Å². The van der Waals surface area contributed by atoms with E-state index in [1.165, 1.54) is 7.11 Å². The Balaban J connectivity index is 1.73. The number of methoxy groups -OCH3 is 1. The standard InChI is InChI=1S/C16H21NO4/c1-19-15(18)14-6-3-2-5-13(14)11-17-8-4-7-16(12-17)20-9-10-21-16/h2-3,5-6H,4,7-12H2,1H3. The number of rotatable bonds is 3. The molecule has 1 aromatic rings. The summed E-state index contributed by atoms with van der Waals surface area (Å²) in [5, 5.41) is 0. The van der Waals surface area contributed by atoms with Crippen LogP contribution in [0.2, 0.25) is 0 Å². The first-order valence-electron chi connectivity index (χ1n) is 7.39. The number of ether oxygens (including phenoxy) is 3. The third kappa shape index (κ3) is 3.10. The zero-order valence-corrected chi connectivity index (χ0v) is 12.3. The quantitative estimate of drug-likeness (QED) is 0.795. The molecule has 1 spiro atoms. The first-order chi connectivity index (χ1) is 10.2. The van der Waals surface area contributed by atoms with Gasteiger partial charge in [0.25, 0.3) is 0 Å². The molecule has 3 rings (SSSR count). The summed E-state index contributed by atoms with van der Waals surface area (Å²) < 4.78 is 16.4. The molecule has 0 unspecified atom stereocenters. The van der Waals surface area contributed by atoms with Crippen LogP contribution < -0.4 is 0 Å². The van der Waals surface area contributed by atoms with Crippen LogP contribution in [0, 0.1) is 0 Å². The number of carbonyl (C=O) groups is 1. The summed E-state index contributed by atoms with van der Waals surface area (Å²) in [5.41, 5.74) is 1.62. The summed E-state index contributed by atoms with van der Waals surface area (Å²) in [7, 11) is 1.41. The summed E-state index contributed by atoms with van der Waals surface area (Å²) in [5.74, 6) is -0.718. The zero-order valence-electron chi connectivity index (χ0n) is 12.3. The Morgan fingerprint density at radius 1 is 1.33 bits per heavy atom. The number of piperidine rings is 1. The molecule has 2 saturated heterocycles. The molecule has 0 atom stereocenters. The number of nitrogens with zero attached hydrogens (tertiary/aromatic N) is 1. The molecule has 114 valence electrons. The molecule has 21 heavy (non-hydrogen) atoms. The largest absolute Gasteiger partial charge is 0.465 e. The van der Waals surface area contributed by atoms with Crippen LogP contribution in [0.25, 0.3) is 0 Å². The second-order valence-electron chi connectivity index (χ2n) is 5.57. The van der Waals surface area contributed by atoms with Crippen LogP contribution in [0.1, 0.15) is 28.8 Å². The zero-order chi connectivity index (χ0) is 14.7. The van der Waals surface area contributed by atoms with Crippen molar-refractivity contribution in [2.75, 3.05) is 33.4 Å². The summed E-state index contributed by atoms with van der Waals surface area (Å²) >= 11 is 0. The van der Waals surface area contributed by atoms with Crippen LogP contribution in [-0.4, -0.2) is 50.1 Å². The van der Waals surface area contributed by atoms with Gasteiger partial charge in [-0.2, -0.15) is 0 Å². The lowest BCUT2D eigenvalue weighted by molar-refractivity contribution is -0.190. The van der Waals surface area contributed by atoms with Crippen LogP contribution in [0.5, 0.6) is 0 Å². The number of benzene rings is 1. The van der Waals surface area contributed by atoms with Crippen LogP contribution in [0.3, 0.4) is 0 Å². The van der Waals surface area contributed by atoms with Crippen molar-refractivity contribution in [3.63, 3.8) is 0 Å². The second kappa shape index (κ2) is 6.13. The number of carbonyl (C=O) groups excluding carboxylic acids is 1. The molecular weight excluding hydrogens is 270 g/mol. The maximum absolute atomic E-state index is 11.8. The summed E-state index contributed by atoms with van der Waals surface area (Å²) in [6, 6.07) is 7.59. The number of hydrogen-bond donors (Lipinski definition) is 0. The fourth-order valence-corrected chi connectivity index (χ4v) is 3.15. The van der Waals surface area contributed by atoms with Crippen LogP contribution in [-0.2, 0) is 20.8 Å². The van der Waals surface area contributed by atoms with E-state index in [2.05, 4.69) is 4.90 Å². The maximum Gasteiger partial charge on any atom is 0.338 e. The van der Waals surface area contributed by atoms with Gasteiger partial charge in [-0.05, 0) is 24.6 Å². The summed E-state index contributed by atoms with van der Waals surface area (Å²) in [6.45, 7) is 3.80. The summed E-state index contributed by atoms with van der Waals surface area (Å²) in [4.78, 5) is 14.1. The van der Waals surface area contributed by atoms with Gasteiger partial charge in [-0.1, -0.05) is 18.2 Å². The first-order valence-corrected chi connectivity index (χ1v) is 7.39. The van der Waals surface area contributed by atoms with Gasteiger partial charge in [-0.25, -0.2) is 4.79 Å². The average molecular weight is 291 g/mol. The minimum atomic E-state index is -0.432. The van der Waals surface area contributed by atoms with Crippen molar-refractivity contribution in [2.24, 2.45) is 0 Å². The molecule has 1 aromatic carbocycles. The predicted molar refractivity (Wildman–Crippen MR) is 76.9 cm³/mol. The van der Waals surface area contributed by atoms with E-state index in [1.54, 1.807) is 0 Å². The third-order valence-electron chi connectivity index (χ3n) is 4.13. The van der Waals surface area contributed by atoms with E-state index >= 15 is 0 Å². The molecule has 0 N–H and O–H groups in total. The number of likely N-dealkylation sites (tertiary alicyclic amines) is 1. The molecule has 0 bridgehead atoms.